The fourth-order valence-electron chi connectivity index (χ4n) is 1.20. The predicted molar refractivity (Wildman–Crippen MR) is 61.3 cm³/mol. The van der Waals surface area contributed by atoms with E-state index >= 15 is 0 Å². The fourth-order valence-corrected chi connectivity index (χ4v) is 1.30. The van der Waals surface area contributed by atoms with Crippen LogP contribution in [0.5, 0.6) is 0 Å². The molecule has 0 saturated heterocycles. The van der Waals surface area contributed by atoms with E-state index in [4.69, 9.17) is 16.0 Å². The molecule has 2 rings (SSSR count). The van der Waals surface area contributed by atoms with Crippen LogP contribution in [-0.2, 0) is 0 Å². The molecule has 0 radical (unpaired) electrons. The summed E-state index contributed by atoms with van der Waals surface area (Å²) < 4.78 is 18.2. The van der Waals surface area contributed by atoms with E-state index in [0.29, 0.717) is 0 Å². The van der Waals surface area contributed by atoms with E-state index in [0.717, 1.165) is 0 Å². The Bertz CT molecular complexity index is 620. The summed E-state index contributed by atoms with van der Waals surface area (Å²) in [7, 11) is 0. The van der Waals surface area contributed by atoms with E-state index in [1.165, 1.54) is 18.2 Å². The fraction of sp³-hybridized carbons (Fsp3) is 0. The molecule has 2 aromatic rings. The van der Waals surface area contributed by atoms with Crippen LogP contribution in [0.25, 0.3) is 0 Å². The van der Waals surface area contributed by atoms with Crippen molar-refractivity contribution in [2.45, 2.75) is 0 Å². The van der Waals surface area contributed by atoms with Crippen molar-refractivity contribution in [1.82, 2.24) is 0 Å². The van der Waals surface area contributed by atoms with Gasteiger partial charge in [-0.1, -0.05) is 18.1 Å². The standard InChI is InChI=1S/C13H6ClFO2/c14-13(16)12-8-7-10(17-12)6-5-9-3-1-2-4-11(9)15/h1-4,7-8H. The smallest absolute Gasteiger partial charge is 0.287 e. The van der Waals surface area contributed by atoms with Crippen molar-refractivity contribution in [2.24, 2.45) is 0 Å². The Morgan fingerprint density at radius 2 is 1.94 bits per heavy atom. The maximum absolute atomic E-state index is 13.2. The van der Waals surface area contributed by atoms with Gasteiger partial charge in [0, 0.05) is 0 Å². The van der Waals surface area contributed by atoms with Gasteiger partial charge >= 0.3 is 0 Å². The molecule has 0 aliphatic carbocycles. The maximum Gasteiger partial charge on any atom is 0.287 e. The largest absolute Gasteiger partial charge is 0.443 e. The average molecular weight is 249 g/mol. The normalized spacial score (nSPS) is 9.53. The number of hydrogen-bond acceptors (Lipinski definition) is 2. The Hall–Kier alpha value is -2.05. The van der Waals surface area contributed by atoms with Crippen molar-refractivity contribution in [3.8, 4) is 11.8 Å². The van der Waals surface area contributed by atoms with Gasteiger partial charge in [-0.2, -0.15) is 0 Å². The van der Waals surface area contributed by atoms with E-state index in [2.05, 4.69) is 11.8 Å². The zero-order valence-electron chi connectivity index (χ0n) is 8.54. The van der Waals surface area contributed by atoms with E-state index < -0.39 is 11.1 Å². The summed E-state index contributed by atoms with van der Waals surface area (Å²) >= 11 is 5.22. The van der Waals surface area contributed by atoms with Crippen LogP contribution in [-0.4, -0.2) is 5.24 Å². The Kier molecular flexibility index (Phi) is 3.27. The van der Waals surface area contributed by atoms with Gasteiger partial charge in [-0.15, -0.1) is 0 Å². The van der Waals surface area contributed by atoms with Gasteiger partial charge in [0.25, 0.3) is 5.24 Å². The van der Waals surface area contributed by atoms with E-state index in [-0.39, 0.29) is 17.1 Å². The highest BCUT2D eigenvalue weighted by Gasteiger charge is 2.06. The molecule has 1 aromatic carbocycles. The molecule has 0 unspecified atom stereocenters. The molecule has 0 aliphatic rings. The van der Waals surface area contributed by atoms with Crippen LogP contribution in [0.3, 0.4) is 0 Å². The van der Waals surface area contributed by atoms with Gasteiger partial charge in [0.1, 0.15) is 5.82 Å². The molecule has 2 nitrogen and oxygen atoms in total. The Morgan fingerprint density at radius 3 is 2.59 bits per heavy atom. The highest BCUT2D eigenvalue weighted by atomic mass is 35.5. The lowest BCUT2D eigenvalue weighted by molar-refractivity contribution is 0.105. The second-order valence-corrected chi connectivity index (χ2v) is 3.51. The van der Waals surface area contributed by atoms with Gasteiger partial charge in [0.05, 0.1) is 5.56 Å². The lowest BCUT2D eigenvalue weighted by Gasteiger charge is -1.90. The van der Waals surface area contributed by atoms with E-state index in [1.807, 2.05) is 0 Å². The maximum atomic E-state index is 13.2. The zero-order chi connectivity index (χ0) is 12.3. The topological polar surface area (TPSA) is 30.2 Å². The summed E-state index contributed by atoms with van der Waals surface area (Å²) in [5, 5.41) is -0.691. The second-order valence-electron chi connectivity index (χ2n) is 3.17. The van der Waals surface area contributed by atoms with Crippen LogP contribution >= 0.6 is 11.6 Å². The lowest BCUT2D eigenvalue weighted by atomic mass is 10.2. The minimum absolute atomic E-state index is 0.0181. The van der Waals surface area contributed by atoms with Gasteiger partial charge in [-0.3, -0.25) is 4.79 Å². The highest BCUT2D eigenvalue weighted by Crippen LogP contribution is 2.10. The third kappa shape index (κ3) is 2.74. The van der Waals surface area contributed by atoms with Crippen LogP contribution in [0, 0.1) is 17.7 Å². The Balaban J connectivity index is 2.27. The van der Waals surface area contributed by atoms with Crippen LogP contribution in [0.2, 0.25) is 0 Å². The van der Waals surface area contributed by atoms with Gasteiger partial charge in [-0.25, -0.2) is 4.39 Å². The molecule has 0 N–H and O–H groups in total. The van der Waals surface area contributed by atoms with E-state index in [1.54, 1.807) is 18.2 Å². The number of hydrogen-bond donors (Lipinski definition) is 0. The highest BCUT2D eigenvalue weighted by molar-refractivity contribution is 6.67. The molecule has 0 aliphatic heterocycles. The molecule has 1 heterocycles. The van der Waals surface area contributed by atoms with Crippen molar-refractivity contribution >= 4 is 16.8 Å². The summed E-state index contributed by atoms with van der Waals surface area (Å²) in [4.78, 5) is 10.8. The predicted octanol–water partition coefficient (Wildman–Crippen LogP) is 3.20. The summed E-state index contributed by atoms with van der Waals surface area (Å²) in [5.74, 6) is 5.09. The summed E-state index contributed by atoms with van der Waals surface area (Å²) in [6, 6.07) is 9.06. The van der Waals surface area contributed by atoms with Crippen molar-refractivity contribution < 1.29 is 13.6 Å². The average Bonchev–Trinajstić information content (AvgIpc) is 2.77. The van der Waals surface area contributed by atoms with Crippen LogP contribution in [0.1, 0.15) is 21.9 Å². The van der Waals surface area contributed by atoms with E-state index in [9.17, 15) is 9.18 Å². The molecule has 0 fully saturated rings. The molecule has 0 spiro atoms. The molecule has 0 atom stereocenters. The SMILES string of the molecule is O=C(Cl)c1ccc(C#Cc2ccccc2F)o1. The van der Waals surface area contributed by atoms with Crippen LogP contribution in [0.15, 0.2) is 40.8 Å². The summed E-state index contributed by atoms with van der Waals surface area (Å²) in [6.45, 7) is 0. The van der Waals surface area contributed by atoms with Gasteiger partial charge < -0.3 is 4.42 Å². The molecule has 4 heteroatoms. The van der Waals surface area contributed by atoms with Crippen LogP contribution in [0.4, 0.5) is 4.39 Å². The molecule has 0 amide bonds. The van der Waals surface area contributed by atoms with Crippen molar-refractivity contribution in [2.75, 3.05) is 0 Å². The second kappa shape index (κ2) is 4.86. The first-order chi connectivity index (χ1) is 8.16. The first kappa shape index (κ1) is 11.4. The van der Waals surface area contributed by atoms with Crippen molar-refractivity contribution in [3.63, 3.8) is 0 Å². The number of carbonyl (C=O) groups excluding carboxylic acids is 1. The Labute approximate surface area is 102 Å². The number of halogens is 2. The van der Waals surface area contributed by atoms with Crippen molar-refractivity contribution in [1.29, 1.82) is 0 Å². The summed E-state index contributed by atoms with van der Waals surface area (Å²) in [5.41, 5.74) is 0.266. The number of rotatable bonds is 1. The molecular formula is C13H6ClFO2. The first-order valence-corrected chi connectivity index (χ1v) is 5.11. The van der Waals surface area contributed by atoms with Gasteiger partial charge in [0.15, 0.2) is 11.5 Å². The molecule has 0 saturated carbocycles. The summed E-state index contributed by atoms with van der Waals surface area (Å²) in [6.07, 6.45) is 0. The van der Waals surface area contributed by atoms with Gasteiger partial charge in [-0.05, 0) is 41.8 Å². The minimum Gasteiger partial charge on any atom is -0.443 e. The molecule has 1 aromatic heterocycles. The molecule has 84 valence electrons. The molecule has 17 heavy (non-hydrogen) atoms. The Morgan fingerprint density at radius 1 is 1.18 bits per heavy atom. The van der Waals surface area contributed by atoms with Crippen molar-refractivity contribution in [3.05, 3.63) is 59.3 Å². The number of benzene rings is 1. The molecule has 0 bridgehead atoms. The number of furan rings is 1. The third-order valence-electron chi connectivity index (χ3n) is 1.99. The quantitative estimate of drug-likeness (QED) is 0.573. The van der Waals surface area contributed by atoms with Crippen LogP contribution < -0.4 is 0 Å². The first-order valence-electron chi connectivity index (χ1n) is 4.73. The molecular weight excluding hydrogens is 243 g/mol. The monoisotopic (exact) mass is 248 g/mol. The number of carbonyl (C=O) groups is 1. The van der Waals surface area contributed by atoms with Gasteiger partial charge in [0.2, 0.25) is 0 Å². The lowest BCUT2D eigenvalue weighted by Crippen LogP contribution is -1.82. The minimum atomic E-state index is -0.691. The third-order valence-corrected chi connectivity index (χ3v) is 2.18. The zero-order valence-corrected chi connectivity index (χ0v) is 9.29.